The summed E-state index contributed by atoms with van der Waals surface area (Å²) in [4.78, 5) is 24.6. The van der Waals surface area contributed by atoms with Gasteiger partial charge in [-0.2, -0.15) is 0 Å². The molecule has 3 rings (SSSR count). The number of carbonyl (C=O) groups is 2. The first kappa shape index (κ1) is 13.7. The molecule has 5 nitrogen and oxygen atoms in total. The molecule has 2 aliphatic rings. The summed E-state index contributed by atoms with van der Waals surface area (Å²) in [6.45, 7) is 0.272. The van der Waals surface area contributed by atoms with Crippen LogP contribution >= 0.6 is 0 Å². The summed E-state index contributed by atoms with van der Waals surface area (Å²) >= 11 is 0. The summed E-state index contributed by atoms with van der Waals surface area (Å²) in [5, 5.41) is 12.1. The van der Waals surface area contributed by atoms with Gasteiger partial charge in [0.2, 0.25) is 5.91 Å². The van der Waals surface area contributed by atoms with Gasteiger partial charge in [-0.05, 0) is 30.4 Å². The highest BCUT2D eigenvalue weighted by molar-refractivity contribution is 5.88. The molecule has 0 spiro atoms. The molecule has 1 heterocycles. The minimum Gasteiger partial charge on any atom is -0.465 e. The maximum absolute atomic E-state index is 12.4. The van der Waals surface area contributed by atoms with Crippen LogP contribution in [0, 0.1) is 0 Å². The van der Waals surface area contributed by atoms with Crippen LogP contribution in [0.3, 0.4) is 0 Å². The van der Waals surface area contributed by atoms with Gasteiger partial charge in [-0.3, -0.25) is 9.69 Å². The van der Waals surface area contributed by atoms with Gasteiger partial charge in [0.05, 0.1) is 6.04 Å². The number of hydrogen-bond donors (Lipinski definition) is 2. The lowest BCUT2D eigenvalue weighted by Gasteiger charge is -2.28. The van der Waals surface area contributed by atoms with Crippen LogP contribution < -0.4 is 5.32 Å². The van der Waals surface area contributed by atoms with Gasteiger partial charge in [0, 0.05) is 6.54 Å². The lowest BCUT2D eigenvalue weighted by Crippen LogP contribution is -2.47. The summed E-state index contributed by atoms with van der Waals surface area (Å²) in [5.74, 6) is -0.243. The first-order valence-corrected chi connectivity index (χ1v) is 7.21. The summed E-state index contributed by atoms with van der Waals surface area (Å²) in [6, 6.07) is 7.38. The van der Waals surface area contributed by atoms with Crippen molar-refractivity contribution in [3.8, 4) is 0 Å². The Balaban J connectivity index is 1.74. The van der Waals surface area contributed by atoms with Crippen molar-refractivity contribution in [2.45, 2.75) is 31.3 Å². The van der Waals surface area contributed by atoms with E-state index in [1.165, 1.54) is 5.56 Å². The lowest BCUT2D eigenvalue weighted by atomic mass is 9.87. The van der Waals surface area contributed by atoms with Crippen molar-refractivity contribution in [2.24, 2.45) is 0 Å². The number of nitrogens with one attached hydrogen (secondary N) is 1. The largest absolute Gasteiger partial charge is 0.465 e. The Morgan fingerprint density at radius 1 is 1.29 bits per heavy atom. The average molecular weight is 286 g/mol. The molecule has 1 aliphatic carbocycles. The standard InChI is InChI=1S/C16H18N2O3/c19-15(14-9-4-10-18(14)16(20)21)17-13-8-3-6-11-5-1-2-7-12(11)13/h1-2,4-5,7,9,13-14H,3,6,8,10H2,(H,17,19)(H,20,21). The number of carbonyl (C=O) groups excluding carboxylic acids is 1. The monoisotopic (exact) mass is 286 g/mol. The van der Waals surface area contributed by atoms with Crippen LogP contribution in [0.2, 0.25) is 0 Å². The molecule has 0 fully saturated rings. The molecule has 1 aromatic rings. The molecular formula is C16H18N2O3. The first-order valence-electron chi connectivity index (χ1n) is 7.21. The molecule has 5 heteroatoms. The van der Waals surface area contributed by atoms with Gasteiger partial charge >= 0.3 is 6.09 Å². The third kappa shape index (κ3) is 2.63. The molecule has 2 N–H and O–H groups in total. The molecule has 1 aromatic carbocycles. The molecule has 2 unspecified atom stereocenters. The molecule has 21 heavy (non-hydrogen) atoms. The fourth-order valence-electron chi connectivity index (χ4n) is 3.11. The van der Waals surface area contributed by atoms with Gasteiger partial charge in [0.15, 0.2) is 0 Å². The molecule has 0 bridgehead atoms. The second-order valence-electron chi connectivity index (χ2n) is 5.46. The first-order chi connectivity index (χ1) is 10.2. The third-order valence-electron chi connectivity index (χ3n) is 4.16. The van der Waals surface area contributed by atoms with E-state index in [-0.39, 0.29) is 18.5 Å². The van der Waals surface area contributed by atoms with Crippen molar-refractivity contribution in [2.75, 3.05) is 6.54 Å². The maximum Gasteiger partial charge on any atom is 0.408 e. The van der Waals surface area contributed by atoms with Crippen LogP contribution in [0.1, 0.15) is 30.0 Å². The van der Waals surface area contributed by atoms with Gasteiger partial charge in [-0.1, -0.05) is 36.4 Å². The van der Waals surface area contributed by atoms with Crippen LogP contribution in [-0.2, 0) is 11.2 Å². The zero-order valence-corrected chi connectivity index (χ0v) is 11.7. The molecule has 0 aromatic heterocycles. The quantitative estimate of drug-likeness (QED) is 0.818. The highest BCUT2D eigenvalue weighted by Gasteiger charge is 2.32. The van der Waals surface area contributed by atoms with Crippen molar-refractivity contribution >= 4 is 12.0 Å². The molecular weight excluding hydrogens is 268 g/mol. The second-order valence-corrected chi connectivity index (χ2v) is 5.46. The minimum absolute atomic E-state index is 0.0212. The number of carboxylic acid groups (broad SMARTS) is 1. The summed E-state index contributed by atoms with van der Waals surface area (Å²) < 4.78 is 0. The minimum atomic E-state index is -1.07. The van der Waals surface area contributed by atoms with E-state index in [4.69, 9.17) is 5.11 Å². The number of rotatable bonds is 2. The van der Waals surface area contributed by atoms with Crippen molar-refractivity contribution in [1.82, 2.24) is 10.2 Å². The van der Waals surface area contributed by atoms with E-state index < -0.39 is 12.1 Å². The zero-order valence-electron chi connectivity index (χ0n) is 11.7. The van der Waals surface area contributed by atoms with Crippen LogP contribution in [0.15, 0.2) is 36.4 Å². The van der Waals surface area contributed by atoms with Gasteiger partial charge in [-0.15, -0.1) is 0 Å². The Morgan fingerprint density at radius 3 is 2.90 bits per heavy atom. The van der Waals surface area contributed by atoms with E-state index >= 15 is 0 Å². The van der Waals surface area contributed by atoms with Crippen LogP contribution in [0.5, 0.6) is 0 Å². The summed E-state index contributed by atoms with van der Waals surface area (Å²) in [6.07, 6.45) is 5.26. The van der Waals surface area contributed by atoms with Crippen molar-refractivity contribution in [1.29, 1.82) is 0 Å². The fraction of sp³-hybridized carbons (Fsp3) is 0.375. The predicted molar refractivity (Wildman–Crippen MR) is 77.9 cm³/mol. The van der Waals surface area contributed by atoms with Crippen LogP contribution in [0.4, 0.5) is 4.79 Å². The Morgan fingerprint density at radius 2 is 2.10 bits per heavy atom. The number of benzene rings is 1. The van der Waals surface area contributed by atoms with E-state index in [9.17, 15) is 9.59 Å². The van der Waals surface area contributed by atoms with E-state index in [1.807, 2.05) is 18.2 Å². The van der Waals surface area contributed by atoms with E-state index in [0.717, 1.165) is 29.7 Å². The molecule has 0 radical (unpaired) electrons. The third-order valence-corrected chi connectivity index (χ3v) is 4.16. The number of fused-ring (bicyclic) bond motifs is 1. The highest BCUT2D eigenvalue weighted by atomic mass is 16.4. The molecule has 2 atom stereocenters. The summed E-state index contributed by atoms with van der Waals surface area (Å²) in [5.41, 5.74) is 2.42. The normalized spacial score (nSPS) is 23.7. The number of hydrogen-bond acceptors (Lipinski definition) is 2. The molecule has 110 valence electrons. The fourth-order valence-corrected chi connectivity index (χ4v) is 3.11. The Kier molecular flexibility index (Phi) is 3.64. The van der Waals surface area contributed by atoms with Crippen LogP contribution in [0.25, 0.3) is 0 Å². The van der Waals surface area contributed by atoms with E-state index in [1.54, 1.807) is 12.2 Å². The highest BCUT2D eigenvalue weighted by Crippen LogP contribution is 2.29. The second kappa shape index (κ2) is 5.60. The van der Waals surface area contributed by atoms with Crippen molar-refractivity contribution in [3.63, 3.8) is 0 Å². The Hall–Kier alpha value is -2.30. The van der Waals surface area contributed by atoms with Gasteiger partial charge in [-0.25, -0.2) is 4.79 Å². The zero-order chi connectivity index (χ0) is 14.8. The average Bonchev–Trinajstić information content (AvgIpc) is 2.97. The molecule has 0 saturated heterocycles. The SMILES string of the molecule is O=C(NC1CCCc2ccccc21)C1C=CCN1C(=O)O. The maximum atomic E-state index is 12.4. The lowest BCUT2D eigenvalue weighted by molar-refractivity contribution is -0.124. The van der Waals surface area contributed by atoms with Crippen LogP contribution in [-0.4, -0.2) is 34.6 Å². The Labute approximate surface area is 123 Å². The molecule has 2 amide bonds. The molecule has 1 aliphatic heterocycles. The number of amides is 2. The van der Waals surface area contributed by atoms with Crippen molar-refractivity contribution in [3.05, 3.63) is 47.5 Å². The predicted octanol–water partition coefficient (Wildman–Crippen LogP) is 2.10. The van der Waals surface area contributed by atoms with E-state index in [2.05, 4.69) is 11.4 Å². The number of nitrogens with zero attached hydrogens (tertiary/aromatic N) is 1. The van der Waals surface area contributed by atoms with Crippen molar-refractivity contribution < 1.29 is 14.7 Å². The topological polar surface area (TPSA) is 69.6 Å². The Bertz CT molecular complexity index is 597. The van der Waals surface area contributed by atoms with Gasteiger partial charge in [0.25, 0.3) is 0 Å². The van der Waals surface area contributed by atoms with Gasteiger partial charge in [0.1, 0.15) is 6.04 Å². The van der Waals surface area contributed by atoms with Gasteiger partial charge < -0.3 is 10.4 Å². The summed E-state index contributed by atoms with van der Waals surface area (Å²) in [7, 11) is 0. The van der Waals surface area contributed by atoms with E-state index in [0.29, 0.717) is 0 Å². The number of aryl methyl sites for hydroxylation is 1. The molecule has 0 saturated carbocycles. The smallest absolute Gasteiger partial charge is 0.408 e.